The standard InChI is InChI=1S/C16H21N3O/c1-12(17)13-8-9-16(18-10-13)19(2)11-14-6-4-5-7-15(14)20-3/h4-10,12H,11,17H2,1-3H3. The Morgan fingerprint density at radius 3 is 2.60 bits per heavy atom. The smallest absolute Gasteiger partial charge is 0.128 e. The maximum atomic E-state index is 5.83. The summed E-state index contributed by atoms with van der Waals surface area (Å²) in [6.45, 7) is 2.70. The number of hydrogen-bond donors (Lipinski definition) is 1. The lowest BCUT2D eigenvalue weighted by atomic mass is 10.1. The van der Waals surface area contributed by atoms with Gasteiger partial charge < -0.3 is 15.4 Å². The van der Waals surface area contributed by atoms with Crippen LogP contribution in [0.3, 0.4) is 0 Å². The molecule has 0 bridgehead atoms. The second-order valence-electron chi connectivity index (χ2n) is 4.91. The van der Waals surface area contributed by atoms with Crippen molar-refractivity contribution in [2.24, 2.45) is 5.73 Å². The number of anilines is 1. The van der Waals surface area contributed by atoms with E-state index in [4.69, 9.17) is 10.5 Å². The van der Waals surface area contributed by atoms with Gasteiger partial charge in [-0.15, -0.1) is 0 Å². The Morgan fingerprint density at radius 2 is 2.00 bits per heavy atom. The van der Waals surface area contributed by atoms with E-state index >= 15 is 0 Å². The maximum absolute atomic E-state index is 5.83. The first kappa shape index (κ1) is 14.3. The van der Waals surface area contributed by atoms with Crippen LogP contribution in [-0.2, 0) is 6.54 Å². The molecule has 1 aromatic carbocycles. The lowest BCUT2D eigenvalue weighted by molar-refractivity contribution is 0.409. The number of nitrogens with zero attached hydrogens (tertiary/aromatic N) is 2. The summed E-state index contributed by atoms with van der Waals surface area (Å²) >= 11 is 0. The second-order valence-corrected chi connectivity index (χ2v) is 4.91. The zero-order valence-corrected chi connectivity index (χ0v) is 12.2. The van der Waals surface area contributed by atoms with Crippen molar-refractivity contribution >= 4 is 5.82 Å². The molecular formula is C16H21N3O. The van der Waals surface area contributed by atoms with Gasteiger partial charge in [0.1, 0.15) is 11.6 Å². The van der Waals surface area contributed by atoms with Gasteiger partial charge in [-0.1, -0.05) is 24.3 Å². The lowest BCUT2D eigenvalue weighted by Gasteiger charge is -2.20. The highest BCUT2D eigenvalue weighted by molar-refractivity contribution is 5.42. The number of hydrogen-bond acceptors (Lipinski definition) is 4. The number of methoxy groups -OCH3 is 1. The highest BCUT2D eigenvalue weighted by Gasteiger charge is 2.08. The molecule has 2 rings (SSSR count). The van der Waals surface area contributed by atoms with Crippen LogP contribution in [-0.4, -0.2) is 19.1 Å². The number of nitrogens with two attached hydrogens (primary N) is 1. The second kappa shape index (κ2) is 6.39. The zero-order chi connectivity index (χ0) is 14.5. The Hall–Kier alpha value is -2.07. The van der Waals surface area contributed by atoms with Crippen LogP contribution in [0, 0.1) is 0 Å². The van der Waals surface area contributed by atoms with E-state index in [2.05, 4.69) is 16.0 Å². The van der Waals surface area contributed by atoms with Gasteiger partial charge in [0.05, 0.1) is 7.11 Å². The van der Waals surface area contributed by atoms with E-state index < -0.39 is 0 Å². The minimum Gasteiger partial charge on any atom is -0.496 e. The maximum Gasteiger partial charge on any atom is 0.128 e. The van der Waals surface area contributed by atoms with Crippen molar-refractivity contribution < 1.29 is 4.74 Å². The van der Waals surface area contributed by atoms with Crippen LogP contribution in [0.15, 0.2) is 42.6 Å². The summed E-state index contributed by atoms with van der Waals surface area (Å²) in [5, 5.41) is 0. The molecule has 0 fully saturated rings. The molecule has 0 spiro atoms. The van der Waals surface area contributed by atoms with E-state index in [1.54, 1.807) is 7.11 Å². The minimum atomic E-state index is 0.0103. The molecule has 0 amide bonds. The molecule has 2 N–H and O–H groups in total. The summed E-state index contributed by atoms with van der Waals surface area (Å²) in [6.07, 6.45) is 1.83. The fourth-order valence-electron chi connectivity index (χ4n) is 2.06. The Labute approximate surface area is 120 Å². The van der Waals surface area contributed by atoms with Crippen LogP contribution in [0.4, 0.5) is 5.82 Å². The lowest BCUT2D eigenvalue weighted by Crippen LogP contribution is -2.18. The molecule has 4 nitrogen and oxygen atoms in total. The summed E-state index contributed by atoms with van der Waals surface area (Å²) in [4.78, 5) is 6.54. The third-order valence-corrected chi connectivity index (χ3v) is 3.29. The van der Waals surface area contributed by atoms with Crippen LogP contribution in [0.2, 0.25) is 0 Å². The number of benzene rings is 1. The Kier molecular flexibility index (Phi) is 4.58. The highest BCUT2D eigenvalue weighted by Crippen LogP contribution is 2.21. The first-order chi connectivity index (χ1) is 9.61. The van der Waals surface area contributed by atoms with Crippen molar-refractivity contribution in [1.29, 1.82) is 0 Å². The SMILES string of the molecule is COc1ccccc1CN(C)c1ccc(C(C)N)cn1. The number of para-hydroxylation sites is 1. The molecule has 1 atom stereocenters. The van der Waals surface area contributed by atoms with Crippen molar-refractivity contribution in [2.75, 3.05) is 19.1 Å². The van der Waals surface area contributed by atoms with Gasteiger partial charge in [0, 0.05) is 31.4 Å². The molecule has 0 aliphatic heterocycles. The van der Waals surface area contributed by atoms with Gasteiger partial charge in [0.15, 0.2) is 0 Å². The highest BCUT2D eigenvalue weighted by atomic mass is 16.5. The first-order valence-corrected chi connectivity index (χ1v) is 6.66. The summed E-state index contributed by atoms with van der Waals surface area (Å²) < 4.78 is 5.37. The van der Waals surface area contributed by atoms with E-state index in [0.717, 1.165) is 29.2 Å². The van der Waals surface area contributed by atoms with E-state index in [1.165, 1.54) is 0 Å². The van der Waals surface area contributed by atoms with Crippen molar-refractivity contribution in [3.63, 3.8) is 0 Å². The average Bonchev–Trinajstić information content (AvgIpc) is 2.48. The van der Waals surface area contributed by atoms with E-state index in [-0.39, 0.29) is 6.04 Å². The van der Waals surface area contributed by atoms with Gasteiger partial charge in [0.2, 0.25) is 0 Å². The Balaban J connectivity index is 2.13. The first-order valence-electron chi connectivity index (χ1n) is 6.66. The fourth-order valence-corrected chi connectivity index (χ4v) is 2.06. The third kappa shape index (κ3) is 3.27. The van der Waals surface area contributed by atoms with Crippen LogP contribution < -0.4 is 15.4 Å². The molecule has 1 heterocycles. The van der Waals surface area contributed by atoms with E-state index in [0.29, 0.717) is 0 Å². The molecule has 0 radical (unpaired) electrons. The molecular weight excluding hydrogens is 250 g/mol. The largest absolute Gasteiger partial charge is 0.496 e. The van der Waals surface area contributed by atoms with Gasteiger partial charge in [-0.25, -0.2) is 4.98 Å². The minimum absolute atomic E-state index is 0.0103. The molecule has 106 valence electrons. The van der Waals surface area contributed by atoms with Crippen LogP contribution in [0.5, 0.6) is 5.75 Å². The summed E-state index contributed by atoms with van der Waals surface area (Å²) in [7, 11) is 3.70. The fraction of sp³-hybridized carbons (Fsp3) is 0.312. The van der Waals surface area contributed by atoms with Crippen molar-refractivity contribution in [3.8, 4) is 5.75 Å². The summed E-state index contributed by atoms with van der Waals surface area (Å²) in [5.74, 6) is 1.81. The van der Waals surface area contributed by atoms with E-state index in [1.807, 2.05) is 50.5 Å². The normalized spacial score (nSPS) is 12.0. The molecule has 0 aliphatic rings. The molecule has 1 unspecified atom stereocenters. The van der Waals surface area contributed by atoms with Gasteiger partial charge >= 0.3 is 0 Å². The molecule has 1 aromatic heterocycles. The van der Waals surface area contributed by atoms with Crippen molar-refractivity contribution in [2.45, 2.75) is 19.5 Å². The van der Waals surface area contributed by atoms with Gasteiger partial charge in [-0.05, 0) is 24.6 Å². The Bertz CT molecular complexity index is 552. The van der Waals surface area contributed by atoms with Gasteiger partial charge in [0.25, 0.3) is 0 Å². The predicted octanol–water partition coefficient (Wildman–Crippen LogP) is 2.75. The van der Waals surface area contributed by atoms with Crippen molar-refractivity contribution in [3.05, 3.63) is 53.7 Å². The summed E-state index contributed by atoms with van der Waals surface area (Å²) in [6, 6.07) is 12.0. The molecule has 4 heteroatoms. The number of pyridine rings is 1. The van der Waals surface area contributed by atoms with Crippen LogP contribution >= 0.6 is 0 Å². The number of aromatic nitrogens is 1. The van der Waals surface area contributed by atoms with Crippen LogP contribution in [0.1, 0.15) is 24.1 Å². The molecule has 0 saturated heterocycles. The zero-order valence-electron chi connectivity index (χ0n) is 12.2. The van der Waals surface area contributed by atoms with Crippen LogP contribution in [0.25, 0.3) is 0 Å². The van der Waals surface area contributed by atoms with E-state index in [9.17, 15) is 0 Å². The predicted molar refractivity (Wildman–Crippen MR) is 81.9 cm³/mol. The quantitative estimate of drug-likeness (QED) is 0.908. The van der Waals surface area contributed by atoms with Gasteiger partial charge in [-0.3, -0.25) is 0 Å². The molecule has 20 heavy (non-hydrogen) atoms. The summed E-state index contributed by atoms with van der Waals surface area (Å²) in [5.41, 5.74) is 8.01. The Morgan fingerprint density at radius 1 is 1.25 bits per heavy atom. The third-order valence-electron chi connectivity index (χ3n) is 3.29. The monoisotopic (exact) mass is 271 g/mol. The molecule has 0 aliphatic carbocycles. The average molecular weight is 271 g/mol. The number of ether oxygens (including phenoxy) is 1. The molecule has 0 saturated carbocycles. The molecule has 2 aromatic rings. The van der Waals surface area contributed by atoms with Gasteiger partial charge in [-0.2, -0.15) is 0 Å². The van der Waals surface area contributed by atoms with Crippen molar-refractivity contribution in [1.82, 2.24) is 4.98 Å². The topological polar surface area (TPSA) is 51.4 Å². The number of rotatable bonds is 5.